The van der Waals surface area contributed by atoms with E-state index in [1.165, 1.54) is 5.56 Å². The highest BCUT2D eigenvalue weighted by atomic mass is 16.3. The Morgan fingerprint density at radius 3 is 2.00 bits per heavy atom. The summed E-state index contributed by atoms with van der Waals surface area (Å²) < 4.78 is 0. The molecule has 0 spiro atoms. The first-order chi connectivity index (χ1) is 10.4. The van der Waals surface area contributed by atoms with Crippen LogP contribution in [0.5, 0.6) is 5.75 Å². The average molecular weight is 320 g/mol. The maximum absolute atomic E-state index is 10.9. The molecule has 0 heterocycles. The fourth-order valence-corrected chi connectivity index (χ4v) is 3.27. The van der Waals surface area contributed by atoms with E-state index < -0.39 is 0 Å². The molecule has 0 fully saturated rings. The van der Waals surface area contributed by atoms with Crippen molar-refractivity contribution in [2.45, 2.75) is 73.3 Å². The van der Waals surface area contributed by atoms with Crippen LogP contribution in [-0.4, -0.2) is 24.1 Å². The summed E-state index contributed by atoms with van der Waals surface area (Å²) in [5, 5.41) is 10.9. The van der Waals surface area contributed by atoms with Gasteiger partial charge in [0.25, 0.3) is 0 Å². The largest absolute Gasteiger partial charge is 0.507 e. The molecule has 0 radical (unpaired) electrons. The van der Waals surface area contributed by atoms with E-state index in [0.29, 0.717) is 11.7 Å². The molecule has 0 amide bonds. The van der Waals surface area contributed by atoms with Crippen molar-refractivity contribution in [3.05, 3.63) is 28.8 Å². The first kappa shape index (κ1) is 20.0. The monoisotopic (exact) mass is 319 g/mol. The number of hydrogen-bond acceptors (Lipinski definition) is 2. The summed E-state index contributed by atoms with van der Waals surface area (Å²) >= 11 is 0. The zero-order chi connectivity index (χ0) is 18.0. The highest BCUT2D eigenvalue weighted by molar-refractivity contribution is 5.47. The number of aromatic hydroxyl groups is 1. The van der Waals surface area contributed by atoms with Gasteiger partial charge in [-0.3, -0.25) is 0 Å². The van der Waals surface area contributed by atoms with Crippen molar-refractivity contribution in [1.29, 1.82) is 0 Å². The molecule has 2 heteroatoms. The second-order valence-electron chi connectivity index (χ2n) is 9.31. The van der Waals surface area contributed by atoms with Crippen LogP contribution in [0.1, 0.15) is 71.6 Å². The number of phenolic OH excluding ortho intramolecular Hbond substituents is 1. The summed E-state index contributed by atoms with van der Waals surface area (Å²) in [6, 6.07) is 4.38. The summed E-state index contributed by atoms with van der Waals surface area (Å²) in [6.07, 6.45) is 2.07. The Bertz CT molecular complexity index is 518. The first-order valence-electron chi connectivity index (χ1n) is 8.86. The number of benzene rings is 1. The van der Waals surface area contributed by atoms with Gasteiger partial charge in [0.1, 0.15) is 5.75 Å². The van der Waals surface area contributed by atoms with Gasteiger partial charge in [-0.05, 0) is 54.0 Å². The van der Waals surface area contributed by atoms with Crippen LogP contribution in [0.4, 0.5) is 0 Å². The predicted octanol–water partition coefficient (Wildman–Crippen LogP) is 5.37. The van der Waals surface area contributed by atoms with Gasteiger partial charge in [0.05, 0.1) is 0 Å². The molecule has 132 valence electrons. The van der Waals surface area contributed by atoms with Crippen molar-refractivity contribution in [1.82, 2.24) is 4.90 Å². The highest BCUT2D eigenvalue weighted by Gasteiger charge is 2.27. The van der Waals surface area contributed by atoms with Gasteiger partial charge in [-0.15, -0.1) is 0 Å². The summed E-state index contributed by atoms with van der Waals surface area (Å²) in [5.74, 6) is 1.07. The van der Waals surface area contributed by atoms with E-state index in [-0.39, 0.29) is 10.8 Å². The zero-order valence-electron chi connectivity index (χ0n) is 16.7. The van der Waals surface area contributed by atoms with Crippen molar-refractivity contribution in [2.75, 3.05) is 14.1 Å². The fraction of sp³-hybridized carbons (Fsp3) is 0.714. The van der Waals surface area contributed by atoms with Crippen LogP contribution in [0.3, 0.4) is 0 Å². The third kappa shape index (κ3) is 5.53. The molecule has 1 rings (SSSR count). The van der Waals surface area contributed by atoms with Crippen LogP contribution >= 0.6 is 0 Å². The Kier molecular flexibility index (Phi) is 6.32. The molecule has 1 aromatic carbocycles. The summed E-state index contributed by atoms with van der Waals surface area (Å²) in [7, 11) is 4.18. The number of nitrogens with zero attached hydrogens (tertiary/aromatic N) is 1. The predicted molar refractivity (Wildman–Crippen MR) is 101 cm³/mol. The quantitative estimate of drug-likeness (QED) is 0.789. The van der Waals surface area contributed by atoms with E-state index in [1.54, 1.807) is 0 Å². The van der Waals surface area contributed by atoms with E-state index in [9.17, 15) is 5.11 Å². The molecule has 1 atom stereocenters. The third-order valence-electron chi connectivity index (χ3n) is 4.74. The van der Waals surface area contributed by atoms with Gasteiger partial charge in [-0.2, -0.15) is 0 Å². The van der Waals surface area contributed by atoms with Crippen LogP contribution in [0.25, 0.3) is 0 Å². The van der Waals surface area contributed by atoms with Gasteiger partial charge in [-0.25, -0.2) is 0 Å². The minimum Gasteiger partial charge on any atom is -0.507 e. The molecule has 2 nitrogen and oxygen atoms in total. The Balaban J connectivity index is 3.34. The molecule has 0 aromatic heterocycles. The minimum atomic E-state index is -0.0510. The Morgan fingerprint density at radius 2 is 1.61 bits per heavy atom. The fourth-order valence-electron chi connectivity index (χ4n) is 3.27. The Labute approximate surface area is 143 Å². The molecular weight excluding hydrogens is 282 g/mol. The number of rotatable bonds is 5. The molecule has 1 aromatic rings. The molecule has 0 aliphatic carbocycles. The van der Waals surface area contributed by atoms with Gasteiger partial charge in [0.2, 0.25) is 0 Å². The molecule has 0 aliphatic heterocycles. The van der Waals surface area contributed by atoms with Gasteiger partial charge in [0, 0.05) is 6.54 Å². The van der Waals surface area contributed by atoms with Crippen LogP contribution in [-0.2, 0) is 18.4 Å². The topological polar surface area (TPSA) is 23.5 Å². The second kappa shape index (κ2) is 7.25. The van der Waals surface area contributed by atoms with Crippen molar-refractivity contribution >= 4 is 0 Å². The zero-order valence-corrected chi connectivity index (χ0v) is 16.7. The smallest absolute Gasteiger partial charge is 0.122 e. The molecule has 0 saturated heterocycles. The summed E-state index contributed by atoms with van der Waals surface area (Å²) in [6.45, 7) is 16.6. The standard InChI is InChI=1S/C21H37NO/c1-10-17(20(2,3)4)13-16-11-15(14-22(8)9)12-18(19(16)23)21(5,6)7/h11-12,17,23H,10,13-14H2,1-9H3. The lowest BCUT2D eigenvalue weighted by atomic mass is 9.74. The Morgan fingerprint density at radius 1 is 1.04 bits per heavy atom. The van der Waals surface area contributed by atoms with E-state index in [2.05, 4.69) is 79.6 Å². The van der Waals surface area contributed by atoms with Crippen molar-refractivity contribution in [3.8, 4) is 5.75 Å². The van der Waals surface area contributed by atoms with Crippen molar-refractivity contribution < 1.29 is 5.11 Å². The Hall–Kier alpha value is -1.02. The molecule has 1 unspecified atom stereocenters. The van der Waals surface area contributed by atoms with Crippen LogP contribution in [0.2, 0.25) is 0 Å². The first-order valence-corrected chi connectivity index (χ1v) is 8.86. The lowest BCUT2D eigenvalue weighted by Crippen LogP contribution is -2.23. The highest BCUT2D eigenvalue weighted by Crippen LogP contribution is 2.39. The molecular formula is C21H37NO. The summed E-state index contributed by atoms with van der Waals surface area (Å²) in [5.41, 5.74) is 3.66. The van der Waals surface area contributed by atoms with Crippen LogP contribution < -0.4 is 0 Å². The van der Waals surface area contributed by atoms with Gasteiger partial charge < -0.3 is 10.0 Å². The third-order valence-corrected chi connectivity index (χ3v) is 4.74. The number of phenols is 1. The molecule has 0 aliphatic rings. The average Bonchev–Trinajstić information content (AvgIpc) is 2.35. The maximum Gasteiger partial charge on any atom is 0.122 e. The second-order valence-corrected chi connectivity index (χ2v) is 9.31. The summed E-state index contributed by atoms with van der Waals surface area (Å²) in [4.78, 5) is 2.18. The van der Waals surface area contributed by atoms with E-state index in [0.717, 1.165) is 30.5 Å². The molecule has 0 saturated carbocycles. The van der Waals surface area contributed by atoms with E-state index in [4.69, 9.17) is 0 Å². The molecule has 23 heavy (non-hydrogen) atoms. The molecule has 1 N–H and O–H groups in total. The SMILES string of the molecule is CCC(Cc1cc(CN(C)C)cc(C(C)(C)C)c1O)C(C)(C)C. The van der Waals surface area contributed by atoms with E-state index in [1.807, 2.05) is 0 Å². The molecule has 0 bridgehead atoms. The van der Waals surface area contributed by atoms with E-state index >= 15 is 0 Å². The lowest BCUT2D eigenvalue weighted by molar-refractivity contribution is 0.229. The van der Waals surface area contributed by atoms with Crippen LogP contribution in [0.15, 0.2) is 12.1 Å². The minimum absolute atomic E-state index is 0.0510. The van der Waals surface area contributed by atoms with Gasteiger partial charge in [-0.1, -0.05) is 67.0 Å². The number of hydrogen-bond donors (Lipinski definition) is 1. The van der Waals surface area contributed by atoms with Gasteiger partial charge >= 0.3 is 0 Å². The van der Waals surface area contributed by atoms with Crippen LogP contribution in [0, 0.1) is 11.3 Å². The van der Waals surface area contributed by atoms with Crippen molar-refractivity contribution in [2.24, 2.45) is 11.3 Å². The normalized spacial score (nSPS) is 14.3. The van der Waals surface area contributed by atoms with Crippen molar-refractivity contribution in [3.63, 3.8) is 0 Å². The maximum atomic E-state index is 10.9. The van der Waals surface area contributed by atoms with Gasteiger partial charge in [0.15, 0.2) is 0 Å². The lowest BCUT2D eigenvalue weighted by Gasteiger charge is -2.31.